The number of nitrogens with zero attached hydrogens (tertiary/aromatic N) is 1. The lowest BCUT2D eigenvalue weighted by atomic mass is 9.90. The molecule has 0 heterocycles. The second kappa shape index (κ2) is 11.8. The van der Waals surface area contributed by atoms with Gasteiger partial charge in [0.15, 0.2) is 0 Å². The van der Waals surface area contributed by atoms with E-state index in [-0.39, 0.29) is 45.4 Å². The standard InChI is InChI=1S/C28H29NO7/c30-24(31)17-29(18-25(32)33)13-14-35-15-16-36-26(34)6-2-3-19-7-8-22-10-9-20-4-1-5-21-11-12-23(19)28(22)27(20)21/h1,4-5,7-12H,2-3,6,13-18H2,(H,30,31)(H,32,33). The van der Waals surface area contributed by atoms with Crippen molar-refractivity contribution in [2.45, 2.75) is 19.3 Å². The van der Waals surface area contributed by atoms with Crippen LogP contribution in [0, 0.1) is 0 Å². The maximum atomic E-state index is 12.1. The van der Waals surface area contributed by atoms with E-state index < -0.39 is 11.9 Å². The molecule has 36 heavy (non-hydrogen) atoms. The van der Waals surface area contributed by atoms with E-state index in [0.717, 1.165) is 6.42 Å². The normalized spacial score (nSPS) is 11.6. The zero-order valence-corrected chi connectivity index (χ0v) is 19.9. The molecule has 4 aromatic carbocycles. The number of carboxylic acid groups (broad SMARTS) is 2. The fraction of sp³-hybridized carbons (Fsp3) is 0.321. The molecule has 0 radical (unpaired) electrons. The number of carbonyl (C=O) groups is 3. The van der Waals surface area contributed by atoms with Crippen molar-refractivity contribution < 1.29 is 34.1 Å². The summed E-state index contributed by atoms with van der Waals surface area (Å²) in [6.07, 6.45) is 1.73. The van der Waals surface area contributed by atoms with Crippen LogP contribution in [0.1, 0.15) is 18.4 Å². The van der Waals surface area contributed by atoms with Gasteiger partial charge in [-0.05, 0) is 50.7 Å². The Morgan fingerprint density at radius 2 is 1.39 bits per heavy atom. The number of aryl methyl sites for hydroxylation is 1. The Bertz CT molecular complexity index is 1330. The van der Waals surface area contributed by atoms with Gasteiger partial charge >= 0.3 is 17.9 Å². The van der Waals surface area contributed by atoms with Gasteiger partial charge < -0.3 is 19.7 Å². The average Bonchev–Trinajstić information content (AvgIpc) is 2.84. The Kier molecular flexibility index (Phi) is 8.30. The van der Waals surface area contributed by atoms with Crippen molar-refractivity contribution in [3.8, 4) is 0 Å². The van der Waals surface area contributed by atoms with E-state index in [2.05, 4.69) is 54.6 Å². The first-order chi connectivity index (χ1) is 17.4. The summed E-state index contributed by atoms with van der Waals surface area (Å²) in [6.45, 7) is -0.198. The lowest BCUT2D eigenvalue weighted by Gasteiger charge is -2.17. The highest BCUT2D eigenvalue weighted by Crippen LogP contribution is 2.36. The van der Waals surface area contributed by atoms with E-state index in [1.807, 2.05) is 0 Å². The summed E-state index contributed by atoms with van der Waals surface area (Å²) in [5, 5.41) is 25.1. The number of rotatable bonds is 14. The van der Waals surface area contributed by atoms with Gasteiger partial charge in [-0.3, -0.25) is 19.3 Å². The number of aliphatic carboxylic acids is 2. The molecule has 0 spiro atoms. The number of carboxylic acids is 2. The lowest BCUT2D eigenvalue weighted by Crippen LogP contribution is -2.37. The van der Waals surface area contributed by atoms with E-state index >= 15 is 0 Å². The van der Waals surface area contributed by atoms with Crippen LogP contribution in [0.15, 0.2) is 54.6 Å². The molecule has 0 atom stereocenters. The van der Waals surface area contributed by atoms with Crippen LogP contribution in [0.2, 0.25) is 0 Å². The second-order valence-corrected chi connectivity index (χ2v) is 8.77. The van der Waals surface area contributed by atoms with Crippen LogP contribution in [0.4, 0.5) is 0 Å². The van der Waals surface area contributed by atoms with Crippen molar-refractivity contribution in [2.75, 3.05) is 39.5 Å². The molecule has 2 N–H and O–H groups in total. The Balaban J connectivity index is 1.21. The van der Waals surface area contributed by atoms with Crippen LogP contribution in [-0.4, -0.2) is 72.5 Å². The number of hydrogen-bond donors (Lipinski definition) is 2. The minimum absolute atomic E-state index is 0.0927. The third kappa shape index (κ3) is 6.27. The third-order valence-corrected chi connectivity index (χ3v) is 6.21. The molecule has 0 aliphatic heterocycles. The molecular formula is C28H29NO7. The zero-order valence-electron chi connectivity index (χ0n) is 19.9. The number of hydrogen-bond acceptors (Lipinski definition) is 6. The molecule has 4 aromatic rings. The summed E-state index contributed by atoms with van der Waals surface area (Å²) in [4.78, 5) is 35.0. The molecule has 0 bridgehead atoms. The molecule has 8 nitrogen and oxygen atoms in total. The highest BCUT2D eigenvalue weighted by molar-refractivity contribution is 6.23. The van der Waals surface area contributed by atoms with Gasteiger partial charge in [-0.25, -0.2) is 0 Å². The molecule has 0 fully saturated rings. The predicted octanol–water partition coefficient (Wildman–Crippen LogP) is 3.94. The first-order valence-corrected chi connectivity index (χ1v) is 12.0. The molecule has 0 saturated carbocycles. The first kappa shape index (κ1) is 25.3. The van der Waals surface area contributed by atoms with Crippen LogP contribution in [0.5, 0.6) is 0 Å². The fourth-order valence-electron chi connectivity index (χ4n) is 4.62. The van der Waals surface area contributed by atoms with Crippen molar-refractivity contribution in [2.24, 2.45) is 0 Å². The maximum Gasteiger partial charge on any atom is 0.317 e. The Hall–Kier alpha value is -3.75. The molecular weight excluding hydrogens is 462 g/mol. The smallest absolute Gasteiger partial charge is 0.317 e. The van der Waals surface area contributed by atoms with Crippen molar-refractivity contribution in [1.29, 1.82) is 0 Å². The molecule has 4 rings (SSSR count). The summed E-state index contributed by atoms with van der Waals surface area (Å²) >= 11 is 0. The van der Waals surface area contributed by atoms with Gasteiger partial charge in [0.05, 0.1) is 26.3 Å². The first-order valence-electron chi connectivity index (χ1n) is 12.0. The van der Waals surface area contributed by atoms with Crippen LogP contribution >= 0.6 is 0 Å². The van der Waals surface area contributed by atoms with E-state index in [1.54, 1.807) is 0 Å². The van der Waals surface area contributed by atoms with Crippen LogP contribution in [-0.2, 0) is 30.3 Å². The van der Waals surface area contributed by atoms with E-state index in [9.17, 15) is 14.4 Å². The zero-order chi connectivity index (χ0) is 25.5. The molecule has 188 valence electrons. The van der Waals surface area contributed by atoms with Crippen molar-refractivity contribution in [1.82, 2.24) is 4.90 Å². The van der Waals surface area contributed by atoms with E-state index in [0.29, 0.717) is 12.8 Å². The predicted molar refractivity (Wildman–Crippen MR) is 137 cm³/mol. The summed E-state index contributed by atoms with van der Waals surface area (Å²) in [5.74, 6) is -2.51. The minimum atomic E-state index is -1.10. The van der Waals surface area contributed by atoms with Crippen molar-refractivity contribution in [3.05, 3.63) is 60.2 Å². The highest BCUT2D eigenvalue weighted by atomic mass is 16.6. The van der Waals surface area contributed by atoms with Crippen molar-refractivity contribution in [3.63, 3.8) is 0 Å². The fourth-order valence-corrected chi connectivity index (χ4v) is 4.62. The third-order valence-electron chi connectivity index (χ3n) is 6.21. The van der Waals surface area contributed by atoms with Crippen LogP contribution in [0.25, 0.3) is 32.3 Å². The summed E-state index contributed by atoms with van der Waals surface area (Å²) < 4.78 is 10.6. The van der Waals surface area contributed by atoms with Gasteiger partial charge in [0.25, 0.3) is 0 Å². The molecule has 0 saturated heterocycles. The summed E-state index contributed by atoms with van der Waals surface area (Å²) in [7, 11) is 0. The SMILES string of the molecule is O=C(O)CN(CCOCCOC(=O)CCCc1ccc2ccc3cccc4ccc1c2c34)CC(=O)O. The quantitative estimate of drug-likeness (QED) is 0.155. The minimum Gasteiger partial charge on any atom is -0.480 e. The number of ether oxygens (including phenoxy) is 2. The number of esters is 1. The largest absolute Gasteiger partial charge is 0.480 e. The van der Waals surface area contributed by atoms with Crippen LogP contribution in [0.3, 0.4) is 0 Å². The van der Waals surface area contributed by atoms with E-state index in [1.165, 1.54) is 42.8 Å². The molecule has 0 aliphatic rings. The van der Waals surface area contributed by atoms with Gasteiger partial charge in [0.1, 0.15) is 6.61 Å². The molecule has 0 unspecified atom stereocenters. The Morgan fingerprint density at radius 3 is 2.08 bits per heavy atom. The lowest BCUT2D eigenvalue weighted by molar-refractivity contribution is -0.146. The van der Waals surface area contributed by atoms with Gasteiger partial charge in [-0.1, -0.05) is 54.6 Å². The van der Waals surface area contributed by atoms with Crippen LogP contribution < -0.4 is 0 Å². The monoisotopic (exact) mass is 491 g/mol. The van der Waals surface area contributed by atoms with Gasteiger partial charge in [0.2, 0.25) is 0 Å². The molecule has 0 aliphatic carbocycles. The van der Waals surface area contributed by atoms with Gasteiger partial charge in [0, 0.05) is 13.0 Å². The van der Waals surface area contributed by atoms with Gasteiger partial charge in [-0.2, -0.15) is 0 Å². The Morgan fingerprint density at radius 1 is 0.750 bits per heavy atom. The van der Waals surface area contributed by atoms with Gasteiger partial charge in [-0.15, -0.1) is 0 Å². The number of benzene rings is 4. The summed E-state index contributed by atoms with van der Waals surface area (Å²) in [6, 6.07) is 19.3. The summed E-state index contributed by atoms with van der Waals surface area (Å²) in [5.41, 5.74) is 1.21. The van der Waals surface area contributed by atoms with E-state index in [4.69, 9.17) is 19.7 Å². The topological polar surface area (TPSA) is 113 Å². The maximum absolute atomic E-state index is 12.1. The average molecular weight is 492 g/mol. The second-order valence-electron chi connectivity index (χ2n) is 8.77. The molecule has 8 heteroatoms. The highest BCUT2D eigenvalue weighted by Gasteiger charge is 2.14. The molecule has 0 aromatic heterocycles. The van der Waals surface area contributed by atoms with Crippen molar-refractivity contribution >= 4 is 50.2 Å². The molecule has 0 amide bonds. The number of carbonyl (C=O) groups excluding carboxylic acids is 1. The Labute approximate surface area is 208 Å².